The van der Waals surface area contributed by atoms with Crippen LogP contribution < -0.4 is 4.90 Å². The van der Waals surface area contributed by atoms with Gasteiger partial charge in [0.2, 0.25) is 0 Å². The summed E-state index contributed by atoms with van der Waals surface area (Å²) in [6.07, 6.45) is 2.99. The molecular weight excluding hydrogens is 387 g/mol. The molecule has 1 unspecified atom stereocenters. The van der Waals surface area contributed by atoms with Crippen molar-refractivity contribution in [2.24, 2.45) is 0 Å². The number of aromatic amines is 1. The molecule has 1 fully saturated rings. The third-order valence-electron chi connectivity index (χ3n) is 5.19. The monoisotopic (exact) mass is 402 g/mol. The first kappa shape index (κ1) is 17.9. The fourth-order valence-electron chi connectivity index (χ4n) is 3.85. The number of amides is 1. The number of hydrogen-bond acceptors (Lipinski definition) is 4. The quantitative estimate of drug-likeness (QED) is 0.300. The summed E-state index contributed by atoms with van der Waals surface area (Å²) in [5.74, 6) is -2.35. The molecule has 6 nitrogen and oxygen atoms in total. The van der Waals surface area contributed by atoms with Crippen LogP contribution in [0.25, 0.3) is 16.7 Å². The van der Waals surface area contributed by atoms with Gasteiger partial charge in [-0.3, -0.25) is 14.5 Å². The molecule has 1 atom stereocenters. The largest absolute Gasteiger partial charge is 0.507 e. The smallest absolute Gasteiger partial charge is 0.300 e. The summed E-state index contributed by atoms with van der Waals surface area (Å²) in [4.78, 5) is 30.1. The normalized spacial score (nSPS) is 18.4. The van der Waals surface area contributed by atoms with Gasteiger partial charge in [-0.1, -0.05) is 24.3 Å². The molecule has 7 heteroatoms. The molecule has 0 aliphatic carbocycles. The molecule has 0 spiro atoms. The minimum Gasteiger partial charge on any atom is -0.507 e. The van der Waals surface area contributed by atoms with Crippen LogP contribution in [0.3, 0.4) is 0 Å². The number of H-pyrrole nitrogens is 1. The molecular formula is C23H15FN2O4. The van der Waals surface area contributed by atoms with E-state index in [-0.39, 0.29) is 22.8 Å². The number of aromatic nitrogens is 1. The van der Waals surface area contributed by atoms with E-state index in [1.807, 2.05) is 18.2 Å². The van der Waals surface area contributed by atoms with Gasteiger partial charge in [-0.25, -0.2) is 4.39 Å². The molecule has 1 saturated heterocycles. The van der Waals surface area contributed by atoms with E-state index in [0.717, 1.165) is 16.5 Å². The summed E-state index contributed by atoms with van der Waals surface area (Å²) in [7, 11) is 0. The fraction of sp³-hybridized carbons (Fsp3) is 0.0435. The number of fused-ring (bicyclic) bond motifs is 1. The van der Waals surface area contributed by atoms with Gasteiger partial charge in [0, 0.05) is 28.4 Å². The van der Waals surface area contributed by atoms with Crippen LogP contribution in [0.5, 0.6) is 0 Å². The lowest BCUT2D eigenvalue weighted by Gasteiger charge is -2.23. The minimum atomic E-state index is -1.03. The molecule has 30 heavy (non-hydrogen) atoms. The number of carbonyl (C=O) groups excluding carboxylic acids is 2. The molecule has 1 aliphatic heterocycles. The summed E-state index contributed by atoms with van der Waals surface area (Å²) >= 11 is 0. The standard InChI is InChI=1S/C23H15FN2O4/c24-13-5-3-6-14(11-13)26-20(18-9-4-10-30-18)19(22(28)23(26)29)21(27)16-12-25-17-8-2-1-7-15(16)17/h1-12,20,25,27H/b21-19-. The van der Waals surface area contributed by atoms with Crippen LogP contribution in [-0.2, 0) is 9.59 Å². The SMILES string of the molecule is O=C1C(=O)N(c2cccc(F)c2)C(c2ccco2)/C1=C(/O)c1c[nH]c2ccccc12. The molecule has 0 radical (unpaired) electrons. The summed E-state index contributed by atoms with van der Waals surface area (Å²) in [6.45, 7) is 0. The van der Waals surface area contributed by atoms with Crippen LogP contribution in [0.1, 0.15) is 17.4 Å². The summed E-state index contributed by atoms with van der Waals surface area (Å²) in [5.41, 5.74) is 1.23. The lowest BCUT2D eigenvalue weighted by molar-refractivity contribution is -0.132. The molecule has 0 bridgehead atoms. The van der Waals surface area contributed by atoms with Gasteiger partial charge in [0.05, 0.1) is 11.8 Å². The second kappa shape index (κ2) is 6.73. The van der Waals surface area contributed by atoms with Crippen molar-refractivity contribution in [1.82, 2.24) is 4.98 Å². The lowest BCUT2D eigenvalue weighted by Crippen LogP contribution is -2.29. The predicted molar refractivity (Wildman–Crippen MR) is 108 cm³/mol. The van der Waals surface area contributed by atoms with Gasteiger partial charge in [-0.05, 0) is 36.4 Å². The average molecular weight is 402 g/mol. The number of benzene rings is 2. The van der Waals surface area contributed by atoms with Gasteiger partial charge in [0.25, 0.3) is 11.7 Å². The highest BCUT2D eigenvalue weighted by atomic mass is 19.1. The van der Waals surface area contributed by atoms with Crippen LogP contribution in [0, 0.1) is 5.82 Å². The van der Waals surface area contributed by atoms with Crippen molar-refractivity contribution in [2.75, 3.05) is 4.90 Å². The predicted octanol–water partition coefficient (Wildman–Crippen LogP) is 4.53. The lowest BCUT2D eigenvalue weighted by atomic mass is 9.99. The highest BCUT2D eigenvalue weighted by Gasteiger charge is 2.48. The third-order valence-corrected chi connectivity index (χ3v) is 5.19. The van der Waals surface area contributed by atoms with Crippen molar-refractivity contribution in [1.29, 1.82) is 0 Å². The summed E-state index contributed by atoms with van der Waals surface area (Å²) < 4.78 is 19.3. The zero-order valence-electron chi connectivity index (χ0n) is 15.5. The Morgan fingerprint density at radius 1 is 1.07 bits per heavy atom. The van der Waals surface area contributed by atoms with Gasteiger partial charge in [-0.2, -0.15) is 0 Å². The van der Waals surface area contributed by atoms with Crippen LogP contribution >= 0.6 is 0 Å². The number of halogens is 1. The maximum atomic E-state index is 13.9. The van der Waals surface area contributed by atoms with Crippen molar-refractivity contribution in [3.8, 4) is 0 Å². The van der Waals surface area contributed by atoms with E-state index < -0.39 is 23.5 Å². The number of nitrogens with one attached hydrogen (secondary N) is 1. The number of aliphatic hydroxyl groups excluding tert-OH is 1. The van der Waals surface area contributed by atoms with E-state index in [1.54, 1.807) is 24.4 Å². The average Bonchev–Trinajstić information content (AvgIpc) is 3.47. The number of Topliss-reactive ketones (excluding diaryl/α,β-unsaturated/α-hetero) is 1. The molecule has 148 valence electrons. The van der Waals surface area contributed by atoms with E-state index in [0.29, 0.717) is 10.9 Å². The topological polar surface area (TPSA) is 86.5 Å². The van der Waals surface area contributed by atoms with Gasteiger partial charge in [-0.15, -0.1) is 0 Å². The van der Waals surface area contributed by atoms with Crippen molar-refractivity contribution in [3.05, 3.63) is 95.8 Å². The van der Waals surface area contributed by atoms with Crippen LogP contribution in [0.2, 0.25) is 0 Å². The van der Waals surface area contributed by atoms with E-state index in [2.05, 4.69) is 4.98 Å². The number of ketones is 1. The van der Waals surface area contributed by atoms with Crippen molar-refractivity contribution < 1.29 is 23.5 Å². The van der Waals surface area contributed by atoms with Gasteiger partial charge >= 0.3 is 0 Å². The summed E-state index contributed by atoms with van der Waals surface area (Å²) in [6, 6.07) is 14.8. The van der Waals surface area contributed by atoms with E-state index in [1.165, 1.54) is 24.5 Å². The Morgan fingerprint density at radius 3 is 2.67 bits per heavy atom. The molecule has 1 amide bonds. The molecule has 5 rings (SSSR count). The second-order valence-corrected chi connectivity index (χ2v) is 6.91. The zero-order valence-corrected chi connectivity index (χ0v) is 15.5. The van der Waals surface area contributed by atoms with Gasteiger partial charge in [0.1, 0.15) is 23.4 Å². The van der Waals surface area contributed by atoms with Crippen LogP contribution in [0.15, 0.2) is 83.1 Å². The van der Waals surface area contributed by atoms with Gasteiger partial charge < -0.3 is 14.5 Å². The Labute approximate surface area is 169 Å². The molecule has 2 aromatic heterocycles. The second-order valence-electron chi connectivity index (χ2n) is 6.91. The Balaban J connectivity index is 1.75. The Kier molecular flexibility index (Phi) is 4.03. The van der Waals surface area contributed by atoms with E-state index >= 15 is 0 Å². The van der Waals surface area contributed by atoms with Crippen molar-refractivity contribution in [3.63, 3.8) is 0 Å². The molecule has 2 N–H and O–H groups in total. The summed E-state index contributed by atoms with van der Waals surface area (Å²) in [5, 5.41) is 11.8. The number of nitrogens with zero attached hydrogens (tertiary/aromatic N) is 1. The number of carbonyl (C=O) groups is 2. The Hall–Kier alpha value is -4.13. The first-order valence-electron chi connectivity index (χ1n) is 9.22. The Bertz CT molecular complexity index is 1320. The molecule has 1 aliphatic rings. The highest BCUT2D eigenvalue weighted by Crippen LogP contribution is 2.43. The molecule has 3 heterocycles. The minimum absolute atomic E-state index is 0.121. The number of furan rings is 1. The number of aliphatic hydroxyl groups is 1. The fourth-order valence-corrected chi connectivity index (χ4v) is 3.85. The maximum absolute atomic E-state index is 13.9. The zero-order chi connectivity index (χ0) is 20.8. The number of anilines is 1. The van der Waals surface area contributed by atoms with Crippen LogP contribution in [0.4, 0.5) is 10.1 Å². The number of para-hydroxylation sites is 1. The van der Waals surface area contributed by atoms with Crippen LogP contribution in [-0.4, -0.2) is 21.8 Å². The highest BCUT2D eigenvalue weighted by molar-refractivity contribution is 6.51. The van der Waals surface area contributed by atoms with Gasteiger partial charge in [0.15, 0.2) is 0 Å². The van der Waals surface area contributed by atoms with E-state index in [4.69, 9.17) is 4.42 Å². The Morgan fingerprint density at radius 2 is 1.90 bits per heavy atom. The van der Waals surface area contributed by atoms with E-state index in [9.17, 15) is 19.1 Å². The van der Waals surface area contributed by atoms with Crippen molar-refractivity contribution in [2.45, 2.75) is 6.04 Å². The number of rotatable bonds is 3. The molecule has 4 aromatic rings. The maximum Gasteiger partial charge on any atom is 0.300 e. The number of hydrogen-bond donors (Lipinski definition) is 2. The first-order chi connectivity index (χ1) is 14.6. The first-order valence-corrected chi connectivity index (χ1v) is 9.22. The third kappa shape index (κ3) is 2.63. The molecule has 0 saturated carbocycles. The molecule has 2 aromatic carbocycles. The van der Waals surface area contributed by atoms with Crippen molar-refractivity contribution >= 4 is 34.0 Å².